The third-order valence-electron chi connectivity index (χ3n) is 3.14. The van der Waals surface area contributed by atoms with Crippen LogP contribution in [0.25, 0.3) is 16.8 Å². The molecule has 1 aliphatic rings. The summed E-state index contributed by atoms with van der Waals surface area (Å²) in [5.74, 6) is 6.03. The Balaban J connectivity index is 2.13. The van der Waals surface area contributed by atoms with Crippen molar-refractivity contribution < 1.29 is 0 Å². The minimum atomic E-state index is 0.705. The number of nitrogens with zero attached hydrogens (tertiary/aromatic N) is 2. The van der Waals surface area contributed by atoms with Gasteiger partial charge in [0.25, 0.3) is 0 Å². The molecule has 0 bridgehead atoms. The maximum absolute atomic E-state index is 6.03. The molecular weight excluding hydrogens is 234 g/mol. The fourth-order valence-corrected chi connectivity index (χ4v) is 2.20. The third-order valence-corrected chi connectivity index (χ3v) is 3.14. The number of aromatic nitrogens is 1. The number of hydrogen-bond acceptors (Lipinski definition) is 3. The molecule has 0 spiro atoms. The van der Waals surface area contributed by atoms with Crippen LogP contribution in [0.1, 0.15) is 5.69 Å². The van der Waals surface area contributed by atoms with Crippen molar-refractivity contribution >= 4 is 5.70 Å². The maximum atomic E-state index is 6.03. The van der Waals surface area contributed by atoms with Crippen LogP contribution >= 0.6 is 0 Å². The normalized spacial score (nSPS) is 14.4. The first kappa shape index (κ1) is 11.7. The van der Waals surface area contributed by atoms with Gasteiger partial charge in [0.1, 0.15) is 0 Å². The van der Waals surface area contributed by atoms with Gasteiger partial charge < -0.3 is 5.01 Å². The monoisotopic (exact) mass is 249 g/mol. The van der Waals surface area contributed by atoms with E-state index in [1.807, 2.05) is 42.5 Å². The molecule has 0 saturated heterocycles. The second-order valence-electron chi connectivity index (χ2n) is 4.40. The molecular formula is C16H15N3. The number of pyridine rings is 1. The van der Waals surface area contributed by atoms with E-state index in [4.69, 9.17) is 5.84 Å². The van der Waals surface area contributed by atoms with Crippen LogP contribution in [0.4, 0.5) is 0 Å². The Kier molecular flexibility index (Phi) is 3.12. The Bertz CT molecular complexity index is 629. The molecule has 1 aromatic carbocycles. The standard InChI is InChI=1S/C16H15N3/c17-19-12-5-4-10-15(19)16-14(9-6-11-18-16)13-7-2-1-3-8-13/h1-11H,12,17H2. The summed E-state index contributed by atoms with van der Waals surface area (Å²) in [4.78, 5) is 4.51. The highest BCUT2D eigenvalue weighted by Gasteiger charge is 2.15. The first-order chi connectivity index (χ1) is 9.36. The van der Waals surface area contributed by atoms with Crippen LogP contribution in [-0.2, 0) is 0 Å². The van der Waals surface area contributed by atoms with Gasteiger partial charge in [0, 0.05) is 11.8 Å². The lowest BCUT2D eigenvalue weighted by Crippen LogP contribution is -2.31. The lowest BCUT2D eigenvalue weighted by molar-refractivity contribution is 0.457. The van der Waals surface area contributed by atoms with Gasteiger partial charge in [-0.2, -0.15) is 0 Å². The topological polar surface area (TPSA) is 42.1 Å². The van der Waals surface area contributed by atoms with Gasteiger partial charge in [-0.3, -0.25) is 4.98 Å². The second-order valence-corrected chi connectivity index (χ2v) is 4.40. The Morgan fingerprint density at radius 1 is 1.05 bits per heavy atom. The van der Waals surface area contributed by atoms with Crippen LogP contribution in [-0.4, -0.2) is 16.5 Å². The molecule has 3 rings (SSSR count). The predicted octanol–water partition coefficient (Wildman–Crippen LogP) is 2.84. The number of rotatable bonds is 2. The maximum Gasteiger partial charge on any atom is 0.0955 e. The van der Waals surface area contributed by atoms with E-state index in [0.29, 0.717) is 6.54 Å². The zero-order valence-electron chi connectivity index (χ0n) is 10.5. The highest BCUT2D eigenvalue weighted by Crippen LogP contribution is 2.28. The van der Waals surface area contributed by atoms with Crippen LogP contribution in [0.5, 0.6) is 0 Å². The van der Waals surface area contributed by atoms with Crippen molar-refractivity contribution in [1.82, 2.24) is 9.99 Å². The zero-order chi connectivity index (χ0) is 13.1. The quantitative estimate of drug-likeness (QED) is 0.832. The van der Waals surface area contributed by atoms with E-state index in [-0.39, 0.29) is 0 Å². The second kappa shape index (κ2) is 5.08. The van der Waals surface area contributed by atoms with Gasteiger partial charge in [-0.1, -0.05) is 48.6 Å². The molecule has 0 amide bonds. The van der Waals surface area contributed by atoms with Gasteiger partial charge in [0.2, 0.25) is 0 Å². The van der Waals surface area contributed by atoms with Crippen LogP contribution in [0.3, 0.4) is 0 Å². The molecule has 3 heteroatoms. The van der Waals surface area contributed by atoms with Crippen molar-refractivity contribution in [3.8, 4) is 11.1 Å². The summed E-state index contributed by atoms with van der Waals surface area (Å²) >= 11 is 0. The first-order valence-electron chi connectivity index (χ1n) is 6.26. The summed E-state index contributed by atoms with van der Waals surface area (Å²) in [7, 11) is 0. The zero-order valence-corrected chi connectivity index (χ0v) is 10.5. The Hall–Kier alpha value is -2.39. The average molecular weight is 249 g/mol. The van der Waals surface area contributed by atoms with E-state index in [0.717, 1.165) is 22.5 Å². The average Bonchev–Trinajstić information content (AvgIpc) is 2.49. The van der Waals surface area contributed by atoms with Crippen molar-refractivity contribution in [2.24, 2.45) is 5.84 Å². The SMILES string of the molecule is NN1CC=CC=C1c1ncccc1-c1ccccc1. The molecule has 1 aromatic heterocycles. The highest BCUT2D eigenvalue weighted by atomic mass is 15.4. The van der Waals surface area contributed by atoms with Crippen LogP contribution in [0.15, 0.2) is 66.9 Å². The molecule has 0 radical (unpaired) electrons. The summed E-state index contributed by atoms with van der Waals surface area (Å²) in [6, 6.07) is 14.3. The molecule has 0 aliphatic carbocycles. The molecule has 0 unspecified atom stereocenters. The minimum absolute atomic E-state index is 0.705. The molecule has 2 aromatic rings. The molecule has 3 nitrogen and oxygen atoms in total. The summed E-state index contributed by atoms with van der Waals surface area (Å²) in [5.41, 5.74) is 4.11. The predicted molar refractivity (Wildman–Crippen MR) is 77.7 cm³/mol. The third kappa shape index (κ3) is 2.28. The summed E-state index contributed by atoms with van der Waals surface area (Å²) in [6.45, 7) is 0.705. The molecule has 1 aliphatic heterocycles. The number of allylic oxidation sites excluding steroid dienone is 2. The molecule has 0 saturated carbocycles. The summed E-state index contributed by atoms with van der Waals surface area (Å²) in [6.07, 6.45) is 7.84. The minimum Gasteiger partial charge on any atom is -0.305 e. The molecule has 0 atom stereocenters. The van der Waals surface area contributed by atoms with Crippen LogP contribution in [0, 0.1) is 0 Å². The van der Waals surface area contributed by atoms with Gasteiger partial charge >= 0.3 is 0 Å². The molecule has 2 N–H and O–H groups in total. The van der Waals surface area contributed by atoms with Gasteiger partial charge in [0.05, 0.1) is 17.9 Å². The number of nitrogens with two attached hydrogens (primary N) is 1. The van der Waals surface area contributed by atoms with Crippen molar-refractivity contribution in [2.45, 2.75) is 0 Å². The van der Waals surface area contributed by atoms with E-state index >= 15 is 0 Å². The smallest absolute Gasteiger partial charge is 0.0955 e. The van der Waals surface area contributed by atoms with E-state index < -0.39 is 0 Å². The molecule has 0 fully saturated rings. The van der Waals surface area contributed by atoms with E-state index in [9.17, 15) is 0 Å². The van der Waals surface area contributed by atoms with Crippen LogP contribution in [0.2, 0.25) is 0 Å². The van der Waals surface area contributed by atoms with Crippen LogP contribution < -0.4 is 5.84 Å². The van der Waals surface area contributed by atoms with Gasteiger partial charge in [-0.15, -0.1) is 0 Å². The number of benzene rings is 1. The van der Waals surface area contributed by atoms with E-state index in [1.165, 1.54) is 0 Å². The fraction of sp³-hybridized carbons (Fsp3) is 0.0625. The van der Waals surface area contributed by atoms with Crippen molar-refractivity contribution in [3.63, 3.8) is 0 Å². The summed E-state index contributed by atoms with van der Waals surface area (Å²) in [5, 5.41) is 1.72. The largest absolute Gasteiger partial charge is 0.305 e. The van der Waals surface area contributed by atoms with Crippen molar-refractivity contribution in [2.75, 3.05) is 6.54 Å². The van der Waals surface area contributed by atoms with E-state index in [2.05, 4.69) is 23.2 Å². The molecule has 2 heterocycles. The fourth-order valence-electron chi connectivity index (χ4n) is 2.20. The van der Waals surface area contributed by atoms with Crippen molar-refractivity contribution in [3.05, 3.63) is 72.6 Å². The van der Waals surface area contributed by atoms with Crippen molar-refractivity contribution in [1.29, 1.82) is 0 Å². The summed E-state index contributed by atoms with van der Waals surface area (Å²) < 4.78 is 0. The highest BCUT2D eigenvalue weighted by molar-refractivity contribution is 5.79. The molecule has 94 valence electrons. The Morgan fingerprint density at radius 3 is 2.68 bits per heavy atom. The molecule has 19 heavy (non-hydrogen) atoms. The van der Waals surface area contributed by atoms with Gasteiger partial charge in [-0.05, 0) is 17.7 Å². The van der Waals surface area contributed by atoms with E-state index in [1.54, 1.807) is 11.2 Å². The number of hydrogen-bond donors (Lipinski definition) is 1. The Labute approximate surface area is 112 Å². The first-order valence-corrected chi connectivity index (χ1v) is 6.26. The lowest BCUT2D eigenvalue weighted by atomic mass is 10.0. The lowest BCUT2D eigenvalue weighted by Gasteiger charge is -2.23. The van der Waals surface area contributed by atoms with Gasteiger partial charge in [-0.25, -0.2) is 5.84 Å². The Morgan fingerprint density at radius 2 is 1.89 bits per heavy atom. The number of hydrazine groups is 1. The van der Waals surface area contributed by atoms with Gasteiger partial charge in [0.15, 0.2) is 0 Å².